The van der Waals surface area contributed by atoms with Gasteiger partial charge in [-0.2, -0.15) is 5.10 Å². The summed E-state index contributed by atoms with van der Waals surface area (Å²) in [6.07, 6.45) is 0. The largest absolute Gasteiger partial charge is 0.383 e. The van der Waals surface area contributed by atoms with Crippen molar-refractivity contribution in [1.29, 1.82) is 0 Å². The molecule has 0 saturated carbocycles. The lowest BCUT2D eigenvalue weighted by atomic mass is 10.0. The molecule has 0 radical (unpaired) electrons. The Balaban J connectivity index is 2.22. The Morgan fingerprint density at radius 3 is 2.43 bits per heavy atom. The second kappa shape index (κ2) is 5.31. The van der Waals surface area contributed by atoms with Gasteiger partial charge in [-0.25, -0.2) is 0 Å². The van der Waals surface area contributed by atoms with E-state index in [9.17, 15) is 0 Å². The van der Waals surface area contributed by atoms with Crippen molar-refractivity contribution in [1.82, 2.24) is 9.78 Å². The maximum absolute atomic E-state index is 6.25. The van der Waals surface area contributed by atoms with Gasteiger partial charge in [-0.15, -0.1) is 11.3 Å². The number of rotatable bonds is 2. The van der Waals surface area contributed by atoms with Crippen molar-refractivity contribution in [3.8, 4) is 21.7 Å². The third-order valence-corrected chi connectivity index (χ3v) is 5.31. The van der Waals surface area contributed by atoms with Crippen LogP contribution < -0.4 is 5.73 Å². The van der Waals surface area contributed by atoms with E-state index >= 15 is 0 Å². The van der Waals surface area contributed by atoms with Crippen LogP contribution >= 0.6 is 27.3 Å². The molecule has 0 aliphatic carbocycles. The van der Waals surface area contributed by atoms with Crippen molar-refractivity contribution in [2.24, 2.45) is 7.05 Å². The van der Waals surface area contributed by atoms with Gasteiger partial charge in [0, 0.05) is 16.4 Å². The average Bonchev–Trinajstić information content (AvgIpc) is 2.93. The van der Waals surface area contributed by atoms with Crippen LogP contribution in [0.3, 0.4) is 0 Å². The maximum Gasteiger partial charge on any atom is 0.129 e. The van der Waals surface area contributed by atoms with Crippen LogP contribution in [0.5, 0.6) is 0 Å². The van der Waals surface area contributed by atoms with Crippen molar-refractivity contribution in [2.75, 3.05) is 5.73 Å². The monoisotopic (exact) mass is 361 g/mol. The number of halogens is 1. The molecule has 3 nitrogen and oxygen atoms in total. The molecule has 0 unspecified atom stereocenters. The molecule has 2 aromatic heterocycles. The minimum Gasteiger partial charge on any atom is -0.383 e. The fourth-order valence-electron chi connectivity index (χ4n) is 2.30. The highest BCUT2D eigenvalue weighted by Crippen LogP contribution is 2.39. The van der Waals surface area contributed by atoms with Crippen molar-refractivity contribution in [3.63, 3.8) is 0 Å². The molecular formula is C16H16BrN3S. The number of aryl methyl sites for hydroxylation is 3. The molecule has 0 aliphatic rings. The molecular weight excluding hydrogens is 346 g/mol. The van der Waals surface area contributed by atoms with Gasteiger partial charge >= 0.3 is 0 Å². The highest BCUT2D eigenvalue weighted by atomic mass is 79.9. The number of nitrogens with zero attached hydrogens (tertiary/aromatic N) is 2. The van der Waals surface area contributed by atoms with E-state index in [0.717, 1.165) is 26.2 Å². The number of benzene rings is 1. The molecule has 0 atom stereocenters. The fourth-order valence-corrected chi connectivity index (χ4v) is 3.59. The van der Waals surface area contributed by atoms with Crippen molar-refractivity contribution in [2.45, 2.75) is 13.8 Å². The van der Waals surface area contributed by atoms with E-state index in [1.54, 1.807) is 16.0 Å². The first-order valence-corrected chi connectivity index (χ1v) is 8.24. The Bertz CT molecular complexity index is 780. The second-order valence-corrected chi connectivity index (χ2v) is 7.26. The summed E-state index contributed by atoms with van der Waals surface area (Å²) in [4.78, 5) is 2.48. The van der Waals surface area contributed by atoms with Crippen LogP contribution in [-0.4, -0.2) is 9.78 Å². The first-order valence-electron chi connectivity index (χ1n) is 6.63. The molecule has 3 aromatic rings. The molecule has 108 valence electrons. The number of nitrogen functional groups attached to an aromatic ring is 1. The van der Waals surface area contributed by atoms with Crippen LogP contribution in [0.15, 0.2) is 34.8 Å². The smallest absolute Gasteiger partial charge is 0.129 e. The van der Waals surface area contributed by atoms with Gasteiger partial charge in [-0.3, -0.25) is 4.68 Å². The van der Waals surface area contributed by atoms with E-state index < -0.39 is 0 Å². The molecule has 2 N–H and O–H groups in total. The molecule has 2 heterocycles. The summed E-state index contributed by atoms with van der Waals surface area (Å²) < 4.78 is 2.80. The maximum atomic E-state index is 6.25. The minimum atomic E-state index is 0.691. The highest BCUT2D eigenvalue weighted by molar-refractivity contribution is 9.10. The van der Waals surface area contributed by atoms with E-state index in [4.69, 9.17) is 5.73 Å². The quantitative estimate of drug-likeness (QED) is 0.713. The minimum absolute atomic E-state index is 0.691. The lowest BCUT2D eigenvalue weighted by molar-refractivity contribution is 0.783. The van der Waals surface area contributed by atoms with Gasteiger partial charge in [-0.1, -0.05) is 28.1 Å². The summed E-state index contributed by atoms with van der Waals surface area (Å²) in [6, 6.07) is 10.4. The number of nitrogens with two attached hydrogens (primary N) is 1. The summed E-state index contributed by atoms with van der Waals surface area (Å²) in [5.74, 6) is 0.691. The number of hydrogen-bond acceptors (Lipinski definition) is 3. The SMILES string of the molecule is Cc1cc(-c2nn(C)c(N)c2-c2ccc(Br)cc2)sc1C. The number of hydrogen-bond donors (Lipinski definition) is 1. The van der Waals surface area contributed by atoms with E-state index in [1.165, 1.54) is 10.4 Å². The molecule has 0 spiro atoms. The normalized spacial score (nSPS) is 11.0. The van der Waals surface area contributed by atoms with Crippen LogP contribution in [0, 0.1) is 13.8 Å². The van der Waals surface area contributed by atoms with Crippen LogP contribution in [0.1, 0.15) is 10.4 Å². The van der Waals surface area contributed by atoms with Gasteiger partial charge in [0.2, 0.25) is 0 Å². The summed E-state index contributed by atoms with van der Waals surface area (Å²) in [7, 11) is 1.88. The lowest BCUT2D eigenvalue weighted by Crippen LogP contribution is -1.97. The average molecular weight is 362 g/mol. The van der Waals surface area contributed by atoms with Gasteiger partial charge in [0.15, 0.2) is 0 Å². The van der Waals surface area contributed by atoms with Gasteiger partial charge in [0.05, 0.1) is 10.4 Å². The molecule has 0 aliphatic heterocycles. The van der Waals surface area contributed by atoms with Gasteiger partial charge in [-0.05, 0) is 43.2 Å². The zero-order valence-corrected chi connectivity index (χ0v) is 14.5. The molecule has 3 rings (SSSR count). The highest BCUT2D eigenvalue weighted by Gasteiger charge is 2.19. The Labute approximate surface area is 136 Å². The summed E-state index contributed by atoms with van der Waals surface area (Å²) >= 11 is 5.23. The Morgan fingerprint density at radius 1 is 1.19 bits per heavy atom. The number of aromatic nitrogens is 2. The fraction of sp³-hybridized carbons (Fsp3) is 0.188. The second-order valence-electron chi connectivity index (χ2n) is 5.09. The van der Waals surface area contributed by atoms with Crippen molar-refractivity contribution < 1.29 is 0 Å². The third kappa shape index (κ3) is 2.51. The first-order chi connectivity index (χ1) is 9.97. The third-order valence-electron chi connectivity index (χ3n) is 3.62. The van der Waals surface area contributed by atoms with Crippen LogP contribution in [-0.2, 0) is 7.05 Å². The topological polar surface area (TPSA) is 43.8 Å². The molecule has 0 fully saturated rings. The molecule has 0 bridgehead atoms. The van der Waals surface area contributed by atoms with Crippen molar-refractivity contribution >= 4 is 33.1 Å². The summed E-state index contributed by atoms with van der Waals surface area (Å²) in [5, 5.41) is 4.62. The predicted molar refractivity (Wildman–Crippen MR) is 93.5 cm³/mol. The predicted octanol–water partition coefficient (Wildman–Crippen LogP) is 4.78. The van der Waals surface area contributed by atoms with Gasteiger partial charge in [0.25, 0.3) is 0 Å². The molecule has 21 heavy (non-hydrogen) atoms. The first kappa shape index (κ1) is 14.4. The van der Waals surface area contributed by atoms with Crippen molar-refractivity contribution in [3.05, 3.63) is 45.2 Å². The standard InChI is InChI=1S/C16H16BrN3S/c1-9-8-13(21-10(9)2)15-14(16(18)20(3)19-15)11-4-6-12(17)7-5-11/h4-8H,18H2,1-3H3. The summed E-state index contributed by atoms with van der Waals surface area (Å²) in [6.45, 7) is 4.26. The van der Waals surface area contributed by atoms with E-state index in [0.29, 0.717) is 5.82 Å². The Hall–Kier alpha value is -1.59. The van der Waals surface area contributed by atoms with E-state index in [-0.39, 0.29) is 0 Å². The Kier molecular flexibility index (Phi) is 3.63. The van der Waals surface area contributed by atoms with E-state index in [2.05, 4.69) is 53.1 Å². The Morgan fingerprint density at radius 2 is 1.86 bits per heavy atom. The van der Waals surface area contributed by atoms with E-state index in [1.807, 2.05) is 19.2 Å². The zero-order valence-electron chi connectivity index (χ0n) is 12.1. The van der Waals surface area contributed by atoms with Gasteiger partial charge in [0.1, 0.15) is 11.5 Å². The van der Waals surface area contributed by atoms with Gasteiger partial charge < -0.3 is 5.73 Å². The lowest BCUT2D eigenvalue weighted by Gasteiger charge is -2.03. The summed E-state index contributed by atoms with van der Waals surface area (Å²) in [5.41, 5.74) is 10.6. The molecule has 0 amide bonds. The molecule has 0 saturated heterocycles. The van der Waals surface area contributed by atoms with Crippen LogP contribution in [0.4, 0.5) is 5.82 Å². The zero-order chi connectivity index (χ0) is 15.1. The van der Waals surface area contributed by atoms with Crippen LogP contribution in [0.25, 0.3) is 21.7 Å². The number of anilines is 1. The van der Waals surface area contributed by atoms with Crippen LogP contribution in [0.2, 0.25) is 0 Å². The number of thiophene rings is 1. The molecule has 1 aromatic carbocycles. The molecule has 5 heteroatoms.